The summed E-state index contributed by atoms with van der Waals surface area (Å²) in [5.41, 5.74) is 0.722. The van der Waals surface area contributed by atoms with Crippen LogP contribution in [0.15, 0.2) is 30.3 Å². The van der Waals surface area contributed by atoms with Crippen LogP contribution >= 0.6 is 11.6 Å². The second-order valence-electron chi connectivity index (χ2n) is 3.32. The van der Waals surface area contributed by atoms with Gasteiger partial charge in [0, 0.05) is 16.5 Å². The van der Waals surface area contributed by atoms with Crippen molar-refractivity contribution >= 4 is 28.5 Å². The largest absolute Gasteiger partial charge is 0.466 e. The van der Waals surface area contributed by atoms with Crippen LogP contribution in [0.5, 0.6) is 5.88 Å². The molecule has 0 aliphatic heterocycles. The number of ether oxygens (including phenoxy) is 2. The van der Waals surface area contributed by atoms with Crippen LogP contribution in [0.4, 0.5) is 0 Å². The molecule has 0 fully saturated rings. The summed E-state index contributed by atoms with van der Waals surface area (Å²) in [6.45, 7) is -0.157. The van der Waals surface area contributed by atoms with E-state index >= 15 is 0 Å². The third kappa shape index (κ3) is 2.65. The van der Waals surface area contributed by atoms with E-state index in [-0.39, 0.29) is 6.61 Å². The molecule has 0 N–H and O–H groups in total. The quantitative estimate of drug-likeness (QED) is 0.786. The zero-order valence-electron chi connectivity index (χ0n) is 9.14. The highest BCUT2D eigenvalue weighted by Crippen LogP contribution is 2.23. The van der Waals surface area contributed by atoms with Gasteiger partial charge in [-0.15, -0.1) is 0 Å². The molecule has 0 unspecified atom stereocenters. The SMILES string of the molecule is COC(=O)COc1ccc2c(Cl)cccc2n1. The maximum absolute atomic E-state index is 10.9. The van der Waals surface area contributed by atoms with Crippen molar-refractivity contribution in [1.29, 1.82) is 0 Å². The molecule has 0 atom stereocenters. The first-order valence-electron chi connectivity index (χ1n) is 4.95. The Balaban J connectivity index is 2.23. The molecule has 1 aromatic heterocycles. The smallest absolute Gasteiger partial charge is 0.343 e. The highest BCUT2D eigenvalue weighted by molar-refractivity contribution is 6.35. The van der Waals surface area contributed by atoms with Gasteiger partial charge in [-0.3, -0.25) is 0 Å². The molecule has 1 aromatic carbocycles. The van der Waals surface area contributed by atoms with Gasteiger partial charge in [-0.05, 0) is 18.2 Å². The first-order chi connectivity index (χ1) is 8.20. The van der Waals surface area contributed by atoms with Crippen molar-refractivity contribution in [2.24, 2.45) is 0 Å². The predicted molar refractivity (Wildman–Crippen MR) is 64.3 cm³/mol. The molecule has 4 nitrogen and oxygen atoms in total. The monoisotopic (exact) mass is 251 g/mol. The molecule has 0 amide bonds. The first kappa shape index (κ1) is 11.7. The van der Waals surface area contributed by atoms with Crippen molar-refractivity contribution in [3.05, 3.63) is 35.4 Å². The van der Waals surface area contributed by atoms with Gasteiger partial charge in [0.25, 0.3) is 0 Å². The topological polar surface area (TPSA) is 48.4 Å². The van der Waals surface area contributed by atoms with E-state index in [1.807, 2.05) is 12.1 Å². The molecule has 0 aliphatic carbocycles. The molecular formula is C12H10ClNO3. The number of carbonyl (C=O) groups is 1. The molecule has 0 aliphatic rings. The summed E-state index contributed by atoms with van der Waals surface area (Å²) < 4.78 is 9.64. The molecule has 17 heavy (non-hydrogen) atoms. The number of esters is 1. The Morgan fingerprint density at radius 2 is 2.18 bits per heavy atom. The van der Waals surface area contributed by atoms with Crippen molar-refractivity contribution in [1.82, 2.24) is 4.98 Å². The lowest BCUT2D eigenvalue weighted by molar-refractivity contribution is -0.143. The van der Waals surface area contributed by atoms with Crippen LogP contribution in [-0.4, -0.2) is 24.7 Å². The molecule has 88 valence electrons. The minimum absolute atomic E-state index is 0.157. The highest BCUT2D eigenvalue weighted by atomic mass is 35.5. The van der Waals surface area contributed by atoms with Crippen LogP contribution in [0.2, 0.25) is 5.02 Å². The maximum Gasteiger partial charge on any atom is 0.343 e. The number of halogens is 1. The molecular weight excluding hydrogens is 242 g/mol. The lowest BCUT2D eigenvalue weighted by atomic mass is 10.2. The second kappa shape index (κ2) is 5.01. The maximum atomic E-state index is 10.9. The second-order valence-corrected chi connectivity index (χ2v) is 3.73. The Hall–Kier alpha value is -1.81. The third-order valence-corrected chi connectivity index (χ3v) is 2.55. The zero-order valence-corrected chi connectivity index (χ0v) is 9.90. The molecule has 2 rings (SSSR count). The van der Waals surface area contributed by atoms with Crippen molar-refractivity contribution < 1.29 is 14.3 Å². The number of aromatic nitrogens is 1. The zero-order chi connectivity index (χ0) is 12.3. The number of nitrogens with zero attached hydrogens (tertiary/aromatic N) is 1. The van der Waals surface area contributed by atoms with E-state index in [2.05, 4.69) is 9.72 Å². The van der Waals surface area contributed by atoms with Crippen LogP contribution in [0.3, 0.4) is 0 Å². The normalized spacial score (nSPS) is 10.2. The minimum Gasteiger partial charge on any atom is -0.466 e. The van der Waals surface area contributed by atoms with E-state index in [1.165, 1.54) is 7.11 Å². The van der Waals surface area contributed by atoms with Crippen molar-refractivity contribution in [3.63, 3.8) is 0 Å². The molecule has 0 bridgehead atoms. The molecule has 0 saturated heterocycles. The van der Waals surface area contributed by atoms with Gasteiger partial charge >= 0.3 is 5.97 Å². The van der Waals surface area contributed by atoms with Crippen LogP contribution < -0.4 is 4.74 Å². The Labute approximate surface area is 103 Å². The lowest BCUT2D eigenvalue weighted by Crippen LogP contribution is -2.13. The summed E-state index contributed by atoms with van der Waals surface area (Å²) in [6, 6.07) is 8.89. The van der Waals surface area contributed by atoms with Gasteiger partial charge in [0.15, 0.2) is 6.61 Å². The Morgan fingerprint density at radius 3 is 2.94 bits per heavy atom. The summed E-state index contributed by atoms with van der Waals surface area (Å²) in [4.78, 5) is 15.1. The molecule has 1 heterocycles. The van der Waals surface area contributed by atoms with Crippen LogP contribution in [0.25, 0.3) is 10.9 Å². The average Bonchev–Trinajstić information content (AvgIpc) is 2.36. The van der Waals surface area contributed by atoms with Crippen LogP contribution in [0, 0.1) is 0 Å². The minimum atomic E-state index is -0.446. The number of fused-ring (bicyclic) bond motifs is 1. The summed E-state index contributed by atoms with van der Waals surface area (Å²) in [6.07, 6.45) is 0. The van der Waals surface area contributed by atoms with Crippen molar-refractivity contribution in [3.8, 4) is 5.88 Å². The van der Waals surface area contributed by atoms with Gasteiger partial charge in [-0.2, -0.15) is 0 Å². The summed E-state index contributed by atoms with van der Waals surface area (Å²) in [7, 11) is 1.30. The number of methoxy groups -OCH3 is 1. The fourth-order valence-corrected chi connectivity index (χ4v) is 1.60. The molecule has 5 heteroatoms. The number of pyridine rings is 1. The van der Waals surface area contributed by atoms with Gasteiger partial charge in [-0.1, -0.05) is 17.7 Å². The van der Waals surface area contributed by atoms with E-state index in [0.29, 0.717) is 10.9 Å². The third-order valence-electron chi connectivity index (χ3n) is 2.22. The van der Waals surface area contributed by atoms with Gasteiger partial charge in [0.2, 0.25) is 5.88 Å². The van der Waals surface area contributed by atoms with E-state index in [4.69, 9.17) is 16.3 Å². The first-order valence-corrected chi connectivity index (χ1v) is 5.33. The van der Waals surface area contributed by atoms with Gasteiger partial charge < -0.3 is 9.47 Å². The van der Waals surface area contributed by atoms with Gasteiger partial charge in [-0.25, -0.2) is 9.78 Å². The number of rotatable bonds is 3. The molecule has 0 radical (unpaired) electrons. The fourth-order valence-electron chi connectivity index (χ4n) is 1.37. The van der Waals surface area contributed by atoms with Crippen molar-refractivity contribution in [2.45, 2.75) is 0 Å². The molecule has 2 aromatic rings. The summed E-state index contributed by atoms with van der Waals surface area (Å²) >= 11 is 6.00. The Kier molecular flexibility index (Phi) is 3.44. The summed E-state index contributed by atoms with van der Waals surface area (Å²) in [5, 5.41) is 1.48. The Morgan fingerprint density at radius 1 is 1.35 bits per heavy atom. The van der Waals surface area contributed by atoms with Crippen LogP contribution in [0.1, 0.15) is 0 Å². The standard InChI is InChI=1S/C12H10ClNO3/c1-16-12(15)7-17-11-6-5-8-9(13)3-2-4-10(8)14-11/h2-6H,7H2,1H3. The van der Waals surface area contributed by atoms with Gasteiger partial charge in [0.1, 0.15) is 0 Å². The molecule has 0 saturated carbocycles. The molecule has 0 spiro atoms. The predicted octanol–water partition coefficient (Wildman–Crippen LogP) is 2.44. The van der Waals surface area contributed by atoms with E-state index in [9.17, 15) is 4.79 Å². The number of benzene rings is 1. The van der Waals surface area contributed by atoms with E-state index in [1.54, 1.807) is 18.2 Å². The van der Waals surface area contributed by atoms with Crippen LogP contribution in [-0.2, 0) is 9.53 Å². The average molecular weight is 252 g/mol. The number of hydrogen-bond donors (Lipinski definition) is 0. The van der Waals surface area contributed by atoms with E-state index < -0.39 is 5.97 Å². The highest BCUT2D eigenvalue weighted by Gasteiger charge is 2.05. The van der Waals surface area contributed by atoms with Gasteiger partial charge in [0.05, 0.1) is 12.6 Å². The number of carbonyl (C=O) groups excluding carboxylic acids is 1. The summed E-state index contributed by atoms with van der Waals surface area (Å²) in [5.74, 6) is -0.0804. The Bertz CT molecular complexity index is 556. The van der Waals surface area contributed by atoms with Crippen molar-refractivity contribution in [2.75, 3.05) is 13.7 Å². The van der Waals surface area contributed by atoms with E-state index in [0.717, 1.165) is 10.9 Å². The lowest BCUT2D eigenvalue weighted by Gasteiger charge is -2.05. The fraction of sp³-hybridized carbons (Fsp3) is 0.167. The number of hydrogen-bond acceptors (Lipinski definition) is 4.